The molecule has 2 unspecified atom stereocenters. The average molecular weight is 386 g/mol. The fraction of sp³-hybridized carbons (Fsp3) is 0.583. The van der Waals surface area contributed by atoms with Crippen LogP contribution < -0.4 is 4.90 Å². The van der Waals surface area contributed by atoms with Crippen molar-refractivity contribution in [2.45, 2.75) is 78.7 Å². The molecule has 2 atom stereocenters. The first kappa shape index (κ1) is 22.2. The number of benzene rings is 1. The third-order valence-electron chi connectivity index (χ3n) is 5.20. The van der Waals surface area contributed by atoms with Crippen LogP contribution in [0.1, 0.15) is 84.3 Å². The van der Waals surface area contributed by atoms with Crippen molar-refractivity contribution < 1.29 is 14.3 Å². The first-order chi connectivity index (χ1) is 12.9. The number of rotatable bonds is 5. The molecule has 2 rings (SSSR count). The lowest BCUT2D eigenvalue weighted by Crippen LogP contribution is -2.42. The van der Waals surface area contributed by atoms with Gasteiger partial charge in [0, 0.05) is 24.6 Å². The Kier molecular flexibility index (Phi) is 6.74. The predicted molar refractivity (Wildman–Crippen MR) is 115 cm³/mol. The molecule has 154 valence electrons. The van der Waals surface area contributed by atoms with Crippen molar-refractivity contribution in [1.29, 1.82) is 0 Å². The summed E-state index contributed by atoms with van der Waals surface area (Å²) in [6.07, 6.45) is 2.94. The molecule has 0 bridgehead atoms. The number of allylic oxidation sites excluding steroid dienone is 2. The van der Waals surface area contributed by atoms with Crippen LogP contribution in [-0.2, 0) is 14.3 Å². The highest BCUT2D eigenvalue weighted by atomic mass is 16.6. The van der Waals surface area contributed by atoms with Crippen molar-refractivity contribution in [3.63, 3.8) is 0 Å². The Bertz CT molecular complexity index is 767. The Balaban J connectivity index is 2.50. The maximum Gasteiger partial charge on any atom is 0.306 e. The van der Waals surface area contributed by atoms with Crippen LogP contribution >= 0.6 is 0 Å². The largest absolute Gasteiger partial charge is 0.460 e. The van der Waals surface area contributed by atoms with Crippen LogP contribution in [-0.4, -0.2) is 24.5 Å². The van der Waals surface area contributed by atoms with Gasteiger partial charge in [0.25, 0.3) is 0 Å². The topological polar surface area (TPSA) is 46.6 Å². The lowest BCUT2D eigenvalue weighted by atomic mass is 9.76. The predicted octanol–water partition coefficient (Wildman–Crippen LogP) is 5.57. The number of amides is 1. The van der Waals surface area contributed by atoms with Crippen molar-refractivity contribution in [3.05, 3.63) is 41.0 Å². The average Bonchev–Trinajstić information content (AvgIpc) is 2.56. The quantitative estimate of drug-likeness (QED) is 0.491. The summed E-state index contributed by atoms with van der Waals surface area (Å²) in [4.78, 5) is 27.6. The molecule has 0 N–H and O–H groups in total. The zero-order valence-corrected chi connectivity index (χ0v) is 18.6. The number of hydrogen-bond donors (Lipinski definition) is 0. The lowest BCUT2D eigenvalue weighted by Gasteiger charge is -2.38. The first-order valence-corrected chi connectivity index (χ1v) is 10.2. The number of anilines is 1. The first-order valence-electron chi connectivity index (χ1n) is 10.2. The summed E-state index contributed by atoms with van der Waals surface area (Å²) in [6.45, 7) is 14.0. The minimum absolute atomic E-state index is 0.0656. The molecule has 0 saturated carbocycles. The van der Waals surface area contributed by atoms with Gasteiger partial charge >= 0.3 is 5.97 Å². The van der Waals surface area contributed by atoms with Gasteiger partial charge in [-0.25, -0.2) is 0 Å². The monoisotopic (exact) mass is 385 g/mol. The molecule has 1 aliphatic heterocycles. The van der Waals surface area contributed by atoms with Gasteiger partial charge in [0.1, 0.15) is 5.60 Å². The Labute approximate surface area is 170 Å². The highest BCUT2D eigenvalue weighted by molar-refractivity contribution is 5.99. The standard InChI is InChI=1S/C24H35NO3/c1-15(2)9-11-18-19(14-22(26)28-24(5,6)7)20-13-17(16(3)4)10-12-21(20)25(8)23(18)27/h9-10,12-13,16,18-19H,11,14H2,1-8H3. The van der Waals surface area contributed by atoms with Gasteiger partial charge in [0.15, 0.2) is 0 Å². The van der Waals surface area contributed by atoms with E-state index < -0.39 is 5.60 Å². The number of nitrogens with zero attached hydrogens (tertiary/aromatic N) is 1. The van der Waals surface area contributed by atoms with Gasteiger partial charge in [-0.15, -0.1) is 0 Å². The molecule has 0 aliphatic carbocycles. The second-order valence-electron chi connectivity index (χ2n) is 9.39. The van der Waals surface area contributed by atoms with Crippen molar-refractivity contribution in [1.82, 2.24) is 0 Å². The van der Waals surface area contributed by atoms with Gasteiger partial charge in [-0.3, -0.25) is 9.59 Å². The summed E-state index contributed by atoms with van der Waals surface area (Å²) < 4.78 is 5.59. The molecule has 4 nitrogen and oxygen atoms in total. The van der Waals surface area contributed by atoms with E-state index in [1.807, 2.05) is 47.7 Å². The van der Waals surface area contributed by atoms with Crippen molar-refractivity contribution >= 4 is 17.6 Å². The highest BCUT2D eigenvalue weighted by Crippen LogP contribution is 2.44. The van der Waals surface area contributed by atoms with Gasteiger partial charge < -0.3 is 9.64 Å². The molecule has 1 heterocycles. The normalized spacial score (nSPS) is 19.5. The van der Waals surface area contributed by atoms with Crippen molar-refractivity contribution in [2.24, 2.45) is 5.92 Å². The molecular formula is C24H35NO3. The molecule has 0 spiro atoms. The van der Waals surface area contributed by atoms with Crippen LogP contribution in [0.2, 0.25) is 0 Å². The molecule has 0 saturated heterocycles. The van der Waals surface area contributed by atoms with E-state index in [-0.39, 0.29) is 30.1 Å². The van der Waals surface area contributed by atoms with Gasteiger partial charge in [0.05, 0.1) is 6.42 Å². The van der Waals surface area contributed by atoms with Crippen LogP contribution in [0.15, 0.2) is 29.8 Å². The smallest absolute Gasteiger partial charge is 0.306 e. The number of ether oxygens (including phenoxy) is 1. The molecule has 1 amide bonds. The molecule has 0 radical (unpaired) electrons. The van der Waals surface area contributed by atoms with Gasteiger partial charge in [-0.1, -0.05) is 37.6 Å². The zero-order valence-electron chi connectivity index (χ0n) is 18.6. The summed E-state index contributed by atoms with van der Waals surface area (Å²) in [5.74, 6) is -0.245. The summed E-state index contributed by atoms with van der Waals surface area (Å²) in [6, 6.07) is 6.27. The number of carbonyl (C=O) groups is 2. The van der Waals surface area contributed by atoms with E-state index in [2.05, 4.69) is 32.1 Å². The Morgan fingerprint density at radius 3 is 2.39 bits per heavy atom. The second kappa shape index (κ2) is 8.50. The molecule has 4 heteroatoms. The third kappa shape index (κ3) is 5.24. The van der Waals surface area contributed by atoms with E-state index in [0.717, 1.165) is 11.3 Å². The van der Waals surface area contributed by atoms with Gasteiger partial charge in [-0.2, -0.15) is 0 Å². The van der Waals surface area contributed by atoms with E-state index in [0.29, 0.717) is 12.3 Å². The molecule has 1 aromatic carbocycles. The summed E-state index contributed by atoms with van der Waals surface area (Å²) in [7, 11) is 1.83. The van der Waals surface area contributed by atoms with E-state index in [9.17, 15) is 9.59 Å². The van der Waals surface area contributed by atoms with Crippen LogP contribution in [0.3, 0.4) is 0 Å². The maximum atomic E-state index is 13.1. The maximum absolute atomic E-state index is 13.1. The van der Waals surface area contributed by atoms with Crippen LogP contribution in [0.5, 0.6) is 0 Å². The van der Waals surface area contributed by atoms with Crippen LogP contribution in [0.25, 0.3) is 0 Å². The summed E-state index contributed by atoms with van der Waals surface area (Å²) in [5, 5.41) is 0. The third-order valence-corrected chi connectivity index (χ3v) is 5.20. The molecule has 1 aliphatic rings. The molecule has 0 fully saturated rings. The van der Waals surface area contributed by atoms with Crippen LogP contribution in [0, 0.1) is 5.92 Å². The molecule has 0 aromatic heterocycles. The van der Waals surface area contributed by atoms with E-state index >= 15 is 0 Å². The van der Waals surface area contributed by atoms with Gasteiger partial charge in [0.2, 0.25) is 5.91 Å². The van der Waals surface area contributed by atoms with Gasteiger partial charge in [-0.05, 0) is 64.2 Å². The number of carbonyl (C=O) groups excluding carboxylic acids is 2. The second-order valence-corrected chi connectivity index (χ2v) is 9.39. The SMILES string of the molecule is CC(C)=CCC1C(=O)N(C)c2ccc(C(C)C)cc2C1CC(=O)OC(C)(C)C. The van der Waals surface area contributed by atoms with Crippen LogP contribution in [0.4, 0.5) is 5.69 Å². The number of fused-ring (bicyclic) bond motifs is 1. The Morgan fingerprint density at radius 2 is 1.86 bits per heavy atom. The summed E-state index contributed by atoms with van der Waals surface area (Å²) in [5.41, 5.74) is 3.83. The van der Waals surface area contributed by atoms with E-state index in [1.54, 1.807) is 4.90 Å². The minimum atomic E-state index is -0.537. The Morgan fingerprint density at radius 1 is 1.21 bits per heavy atom. The fourth-order valence-electron chi connectivity index (χ4n) is 3.73. The lowest BCUT2D eigenvalue weighted by molar-refractivity contribution is -0.155. The number of esters is 1. The number of hydrogen-bond acceptors (Lipinski definition) is 3. The van der Waals surface area contributed by atoms with Crippen molar-refractivity contribution in [3.8, 4) is 0 Å². The molecular weight excluding hydrogens is 350 g/mol. The highest BCUT2D eigenvalue weighted by Gasteiger charge is 2.40. The van der Waals surface area contributed by atoms with E-state index in [1.165, 1.54) is 11.1 Å². The summed E-state index contributed by atoms with van der Waals surface area (Å²) >= 11 is 0. The fourth-order valence-corrected chi connectivity index (χ4v) is 3.73. The Hall–Kier alpha value is -2.10. The minimum Gasteiger partial charge on any atom is -0.460 e. The molecule has 28 heavy (non-hydrogen) atoms. The van der Waals surface area contributed by atoms with Crippen molar-refractivity contribution in [2.75, 3.05) is 11.9 Å². The zero-order chi connectivity index (χ0) is 21.2. The van der Waals surface area contributed by atoms with E-state index in [4.69, 9.17) is 4.74 Å². The molecule has 1 aromatic rings.